The predicted molar refractivity (Wildman–Crippen MR) is 75.1 cm³/mol. The number of aliphatic hydroxyl groups is 1. The minimum absolute atomic E-state index is 0.0703. The fraction of sp³-hybridized carbons (Fsp3) is 0.375. The van der Waals surface area contributed by atoms with Crippen molar-refractivity contribution in [2.24, 2.45) is 0 Å². The van der Waals surface area contributed by atoms with Crippen LogP contribution < -0.4 is 0 Å². The van der Waals surface area contributed by atoms with Crippen LogP contribution in [0.15, 0.2) is 48.8 Å². The summed E-state index contributed by atoms with van der Waals surface area (Å²) >= 11 is 0. The molecule has 0 amide bonds. The number of rotatable bonds is 7. The molecule has 0 aliphatic carbocycles. The van der Waals surface area contributed by atoms with Crippen LogP contribution >= 0.6 is 0 Å². The number of alkyl halides is 1. The molecular formula is C16H20F2O. The maximum absolute atomic E-state index is 14.4. The summed E-state index contributed by atoms with van der Waals surface area (Å²) in [7, 11) is 0. The maximum Gasteiger partial charge on any atom is 0.190 e. The fourth-order valence-corrected chi connectivity index (χ4v) is 1.80. The van der Waals surface area contributed by atoms with Crippen molar-refractivity contribution in [3.05, 3.63) is 54.4 Å². The first-order valence-corrected chi connectivity index (χ1v) is 6.46. The van der Waals surface area contributed by atoms with E-state index in [4.69, 9.17) is 0 Å². The van der Waals surface area contributed by atoms with Crippen molar-refractivity contribution in [1.29, 1.82) is 0 Å². The fourth-order valence-electron chi connectivity index (χ4n) is 1.80. The molecule has 0 bridgehead atoms. The lowest BCUT2D eigenvalue weighted by molar-refractivity contribution is 0.0257. The molecule has 0 spiro atoms. The molecule has 0 saturated heterocycles. The van der Waals surface area contributed by atoms with Gasteiger partial charge in [0.2, 0.25) is 0 Å². The summed E-state index contributed by atoms with van der Waals surface area (Å²) in [6, 6.07) is 9.16. The highest BCUT2D eigenvalue weighted by Gasteiger charge is 2.39. The molecule has 1 aromatic rings. The average Bonchev–Trinajstić information content (AvgIpc) is 2.42. The lowest BCUT2D eigenvalue weighted by atomic mass is 9.91. The number of aliphatic hydroxyl groups excluding tert-OH is 1. The Labute approximate surface area is 113 Å². The second kappa shape index (κ2) is 7.19. The Hall–Kier alpha value is -1.48. The van der Waals surface area contributed by atoms with Crippen LogP contribution in [0.1, 0.15) is 31.7 Å². The van der Waals surface area contributed by atoms with Gasteiger partial charge in [0.1, 0.15) is 11.9 Å². The van der Waals surface area contributed by atoms with Gasteiger partial charge in [-0.3, -0.25) is 0 Å². The first-order valence-electron chi connectivity index (χ1n) is 6.46. The molecule has 1 rings (SSSR count). The van der Waals surface area contributed by atoms with E-state index in [-0.39, 0.29) is 6.42 Å². The SMILES string of the molecule is C=C(F)C(F)(CCCC)C(O)/C=C/c1ccccc1. The molecule has 1 aromatic carbocycles. The number of hydrogen-bond donors (Lipinski definition) is 1. The Bertz CT molecular complexity index is 428. The second-order valence-corrected chi connectivity index (χ2v) is 4.59. The highest BCUT2D eigenvalue weighted by Crippen LogP contribution is 2.32. The third-order valence-corrected chi connectivity index (χ3v) is 3.08. The topological polar surface area (TPSA) is 20.2 Å². The minimum atomic E-state index is -2.40. The molecule has 1 nitrogen and oxygen atoms in total. The molecule has 2 unspecified atom stereocenters. The van der Waals surface area contributed by atoms with Crippen molar-refractivity contribution in [3.63, 3.8) is 0 Å². The van der Waals surface area contributed by atoms with Gasteiger partial charge in [-0.25, -0.2) is 8.78 Å². The Morgan fingerprint density at radius 1 is 1.42 bits per heavy atom. The minimum Gasteiger partial charge on any atom is -0.385 e. The normalized spacial score (nSPS) is 16.2. The second-order valence-electron chi connectivity index (χ2n) is 4.59. The van der Waals surface area contributed by atoms with E-state index in [9.17, 15) is 13.9 Å². The van der Waals surface area contributed by atoms with Crippen LogP contribution in [0, 0.1) is 0 Å². The molecule has 0 aliphatic heterocycles. The Morgan fingerprint density at radius 2 is 2.05 bits per heavy atom. The van der Waals surface area contributed by atoms with Gasteiger partial charge < -0.3 is 5.11 Å². The van der Waals surface area contributed by atoms with E-state index in [0.717, 1.165) is 12.0 Å². The highest BCUT2D eigenvalue weighted by molar-refractivity contribution is 5.49. The summed E-state index contributed by atoms with van der Waals surface area (Å²) in [6.45, 7) is 4.90. The number of halogens is 2. The van der Waals surface area contributed by atoms with E-state index in [1.165, 1.54) is 6.08 Å². The highest BCUT2D eigenvalue weighted by atomic mass is 19.2. The average molecular weight is 266 g/mol. The largest absolute Gasteiger partial charge is 0.385 e. The molecule has 0 aromatic heterocycles. The van der Waals surface area contributed by atoms with Crippen LogP contribution in [-0.4, -0.2) is 16.9 Å². The van der Waals surface area contributed by atoms with Gasteiger partial charge >= 0.3 is 0 Å². The number of hydrogen-bond acceptors (Lipinski definition) is 1. The first kappa shape index (κ1) is 15.6. The molecule has 0 saturated carbocycles. The van der Waals surface area contributed by atoms with E-state index in [1.54, 1.807) is 6.08 Å². The molecular weight excluding hydrogens is 246 g/mol. The van der Waals surface area contributed by atoms with Crippen LogP contribution in [-0.2, 0) is 0 Å². The van der Waals surface area contributed by atoms with Crippen LogP contribution in [0.3, 0.4) is 0 Å². The van der Waals surface area contributed by atoms with Gasteiger partial charge in [-0.05, 0) is 18.4 Å². The number of benzene rings is 1. The number of unbranched alkanes of at least 4 members (excludes halogenated alkanes) is 1. The Kier molecular flexibility index (Phi) is 5.90. The molecule has 0 fully saturated rings. The van der Waals surface area contributed by atoms with Gasteiger partial charge in [-0.2, -0.15) is 0 Å². The Morgan fingerprint density at radius 3 is 2.58 bits per heavy atom. The lowest BCUT2D eigenvalue weighted by Crippen LogP contribution is -2.37. The quantitative estimate of drug-likeness (QED) is 0.773. The third kappa shape index (κ3) is 4.28. The monoisotopic (exact) mass is 266 g/mol. The molecule has 104 valence electrons. The third-order valence-electron chi connectivity index (χ3n) is 3.08. The van der Waals surface area contributed by atoms with Crippen LogP contribution in [0.4, 0.5) is 8.78 Å². The van der Waals surface area contributed by atoms with Crippen LogP contribution in [0.25, 0.3) is 6.08 Å². The summed E-state index contributed by atoms with van der Waals surface area (Å²) in [5, 5.41) is 9.86. The summed E-state index contributed by atoms with van der Waals surface area (Å²) in [4.78, 5) is 0. The predicted octanol–water partition coefficient (Wildman–Crippen LogP) is 4.44. The van der Waals surface area contributed by atoms with Gasteiger partial charge in [-0.15, -0.1) is 0 Å². The summed E-state index contributed by atoms with van der Waals surface area (Å²) in [5.41, 5.74) is -1.58. The van der Waals surface area contributed by atoms with Crippen molar-refractivity contribution < 1.29 is 13.9 Å². The first-order chi connectivity index (χ1) is 9.00. The molecule has 0 aliphatic rings. The summed E-state index contributed by atoms with van der Waals surface area (Å²) < 4.78 is 27.7. The van der Waals surface area contributed by atoms with Crippen molar-refractivity contribution >= 4 is 6.08 Å². The standard InChI is InChI=1S/C16H20F2O/c1-3-4-12-16(18,13(2)17)15(19)11-10-14-8-6-5-7-9-14/h5-11,15,19H,2-4,12H2,1H3/b11-10+. The van der Waals surface area contributed by atoms with Crippen LogP contribution in [0.2, 0.25) is 0 Å². The smallest absolute Gasteiger partial charge is 0.190 e. The summed E-state index contributed by atoms with van der Waals surface area (Å²) in [6.07, 6.45) is 2.48. The van der Waals surface area contributed by atoms with Crippen molar-refractivity contribution in [2.45, 2.75) is 38.0 Å². The zero-order valence-corrected chi connectivity index (χ0v) is 11.2. The zero-order valence-electron chi connectivity index (χ0n) is 11.2. The van der Waals surface area contributed by atoms with Gasteiger partial charge in [0.15, 0.2) is 5.67 Å². The van der Waals surface area contributed by atoms with E-state index in [0.29, 0.717) is 6.42 Å². The van der Waals surface area contributed by atoms with E-state index in [2.05, 4.69) is 6.58 Å². The molecule has 19 heavy (non-hydrogen) atoms. The van der Waals surface area contributed by atoms with Gasteiger partial charge in [0.05, 0.1) is 0 Å². The molecule has 2 atom stereocenters. The van der Waals surface area contributed by atoms with Crippen molar-refractivity contribution in [2.75, 3.05) is 0 Å². The van der Waals surface area contributed by atoms with Gasteiger partial charge in [0, 0.05) is 0 Å². The molecule has 3 heteroatoms. The van der Waals surface area contributed by atoms with Crippen LogP contribution in [0.5, 0.6) is 0 Å². The van der Waals surface area contributed by atoms with Gasteiger partial charge in [0.25, 0.3) is 0 Å². The van der Waals surface area contributed by atoms with Gasteiger partial charge in [-0.1, -0.05) is 62.4 Å². The van der Waals surface area contributed by atoms with E-state index >= 15 is 0 Å². The van der Waals surface area contributed by atoms with E-state index < -0.39 is 17.6 Å². The Balaban J connectivity index is 2.80. The lowest BCUT2D eigenvalue weighted by Gasteiger charge is -2.26. The molecule has 0 radical (unpaired) electrons. The molecule has 1 N–H and O–H groups in total. The van der Waals surface area contributed by atoms with Crippen molar-refractivity contribution in [1.82, 2.24) is 0 Å². The molecule has 0 heterocycles. The zero-order chi connectivity index (χ0) is 14.3. The maximum atomic E-state index is 14.4. The van der Waals surface area contributed by atoms with E-state index in [1.807, 2.05) is 37.3 Å². The summed E-state index contributed by atoms with van der Waals surface area (Å²) in [5.74, 6) is -1.12. The van der Waals surface area contributed by atoms with Crippen molar-refractivity contribution in [3.8, 4) is 0 Å².